The van der Waals surface area contributed by atoms with Crippen molar-refractivity contribution in [3.8, 4) is 5.75 Å². The van der Waals surface area contributed by atoms with Crippen LogP contribution >= 0.6 is 0 Å². The van der Waals surface area contributed by atoms with Crippen LogP contribution < -0.4 is 10.1 Å². The highest BCUT2D eigenvalue weighted by molar-refractivity contribution is 5.69. The number of halogens is 4. The average Bonchev–Trinajstić information content (AvgIpc) is 2.32. The van der Waals surface area contributed by atoms with E-state index in [0.29, 0.717) is 0 Å². The molecular formula is C11H9F4NO3. The fourth-order valence-electron chi connectivity index (χ4n) is 1.71. The third-order valence-electron chi connectivity index (χ3n) is 2.50. The molecule has 0 aromatic heterocycles. The Morgan fingerprint density at radius 3 is 2.84 bits per heavy atom. The average molecular weight is 279 g/mol. The molecule has 1 aliphatic heterocycles. The summed E-state index contributed by atoms with van der Waals surface area (Å²) in [7, 11) is 0. The summed E-state index contributed by atoms with van der Waals surface area (Å²) < 4.78 is 59.6. The van der Waals surface area contributed by atoms with Crippen LogP contribution in [-0.4, -0.2) is 25.2 Å². The first-order valence-electron chi connectivity index (χ1n) is 5.24. The number of hydrogen-bond donors (Lipinski definition) is 1. The lowest BCUT2D eigenvalue weighted by Gasteiger charge is -2.31. The van der Waals surface area contributed by atoms with Crippen LogP contribution in [0.15, 0.2) is 24.3 Å². The molecule has 1 fully saturated rings. The van der Waals surface area contributed by atoms with Crippen LogP contribution in [0.3, 0.4) is 0 Å². The normalized spacial score (nSPS) is 21.7. The summed E-state index contributed by atoms with van der Waals surface area (Å²) in [5.41, 5.74) is -0.0419. The van der Waals surface area contributed by atoms with Gasteiger partial charge in [0.15, 0.2) is 6.61 Å². The van der Waals surface area contributed by atoms with Crippen LogP contribution in [0, 0.1) is 0 Å². The van der Waals surface area contributed by atoms with E-state index in [1.807, 2.05) is 5.32 Å². The third kappa shape index (κ3) is 3.07. The maximum atomic E-state index is 13.6. The minimum atomic E-state index is -3.34. The molecule has 0 saturated carbocycles. The summed E-state index contributed by atoms with van der Waals surface area (Å²) in [6.45, 7) is -4.12. The van der Waals surface area contributed by atoms with Gasteiger partial charge in [-0.25, -0.2) is 13.6 Å². The zero-order chi connectivity index (χ0) is 14.0. The zero-order valence-electron chi connectivity index (χ0n) is 9.41. The number of carbonyl (C=O) groups excluding carboxylic acids is 1. The highest BCUT2D eigenvalue weighted by atomic mass is 19.3. The van der Waals surface area contributed by atoms with E-state index >= 15 is 0 Å². The van der Waals surface area contributed by atoms with E-state index in [2.05, 4.69) is 9.47 Å². The Morgan fingerprint density at radius 2 is 2.16 bits per heavy atom. The van der Waals surface area contributed by atoms with Gasteiger partial charge >= 0.3 is 18.6 Å². The lowest BCUT2D eigenvalue weighted by Crippen LogP contribution is -2.49. The molecule has 19 heavy (non-hydrogen) atoms. The number of alkyl halides is 4. The number of hydrogen-bond acceptors (Lipinski definition) is 3. The molecule has 0 radical (unpaired) electrons. The SMILES string of the molecule is O=C1N[C@H](c2cccc(OC(F)F)c2)C(F)(F)CO1. The number of ether oxygens (including phenoxy) is 2. The van der Waals surface area contributed by atoms with E-state index in [9.17, 15) is 22.4 Å². The van der Waals surface area contributed by atoms with Gasteiger partial charge in [-0.05, 0) is 17.7 Å². The van der Waals surface area contributed by atoms with Gasteiger partial charge < -0.3 is 14.8 Å². The summed E-state index contributed by atoms with van der Waals surface area (Å²) in [6.07, 6.45) is -0.990. The van der Waals surface area contributed by atoms with E-state index in [0.717, 1.165) is 6.07 Å². The number of carbonyl (C=O) groups is 1. The first kappa shape index (κ1) is 13.4. The van der Waals surface area contributed by atoms with Crippen LogP contribution in [0.25, 0.3) is 0 Å². The van der Waals surface area contributed by atoms with Crippen LogP contribution in [0.5, 0.6) is 5.75 Å². The van der Waals surface area contributed by atoms with Crippen molar-refractivity contribution in [2.45, 2.75) is 18.6 Å². The van der Waals surface area contributed by atoms with Crippen LogP contribution in [0.4, 0.5) is 22.4 Å². The molecule has 4 nitrogen and oxygen atoms in total. The molecule has 0 bridgehead atoms. The van der Waals surface area contributed by atoms with Gasteiger partial charge in [-0.2, -0.15) is 8.78 Å². The zero-order valence-corrected chi connectivity index (χ0v) is 9.41. The maximum absolute atomic E-state index is 13.6. The second-order valence-electron chi connectivity index (χ2n) is 3.87. The number of rotatable bonds is 3. The van der Waals surface area contributed by atoms with Crippen molar-refractivity contribution in [1.82, 2.24) is 5.32 Å². The Hall–Kier alpha value is -1.99. The highest BCUT2D eigenvalue weighted by Crippen LogP contribution is 2.35. The second-order valence-corrected chi connectivity index (χ2v) is 3.87. The monoisotopic (exact) mass is 279 g/mol. The number of benzene rings is 1. The van der Waals surface area contributed by atoms with Gasteiger partial charge in [-0.1, -0.05) is 12.1 Å². The van der Waals surface area contributed by atoms with Gasteiger partial charge in [0.25, 0.3) is 0 Å². The standard InChI is InChI=1S/C11H9F4NO3/c12-9(13)19-7-3-1-2-6(4-7)8-11(14,15)5-18-10(17)16-8/h1-4,8-9H,5H2,(H,16,17)/t8-/m1/s1. The van der Waals surface area contributed by atoms with Crippen molar-refractivity contribution in [3.05, 3.63) is 29.8 Å². The summed E-state index contributed by atoms with van der Waals surface area (Å²) in [4.78, 5) is 11.0. The summed E-state index contributed by atoms with van der Waals surface area (Å²) in [6, 6.07) is 3.15. The Bertz CT molecular complexity index is 481. The summed E-state index contributed by atoms with van der Waals surface area (Å²) in [5, 5.41) is 1.95. The van der Waals surface area contributed by atoms with E-state index in [1.165, 1.54) is 18.2 Å². The lowest BCUT2D eigenvalue weighted by molar-refractivity contribution is -0.104. The van der Waals surface area contributed by atoms with Crippen molar-refractivity contribution >= 4 is 6.09 Å². The number of amides is 1. The molecule has 1 aliphatic rings. The molecule has 1 aromatic rings. The number of alkyl carbamates (subject to hydrolysis) is 1. The lowest BCUT2D eigenvalue weighted by atomic mass is 10.00. The first-order chi connectivity index (χ1) is 8.88. The van der Waals surface area contributed by atoms with Crippen molar-refractivity contribution in [3.63, 3.8) is 0 Å². The summed E-state index contributed by atoms with van der Waals surface area (Å²) >= 11 is 0. The van der Waals surface area contributed by atoms with Crippen LogP contribution in [0.1, 0.15) is 11.6 Å². The predicted molar refractivity (Wildman–Crippen MR) is 55.2 cm³/mol. The first-order valence-corrected chi connectivity index (χ1v) is 5.24. The van der Waals surface area contributed by atoms with Crippen LogP contribution in [-0.2, 0) is 4.74 Å². The quantitative estimate of drug-likeness (QED) is 0.865. The molecule has 104 valence electrons. The molecule has 0 spiro atoms. The van der Waals surface area contributed by atoms with Crippen molar-refractivity contribution in [2.75, 3.05) is 6.61 Å². The largest absolute Gasteiger partial charge is 0.443 e. The number of nitrogens with one attached hydrogen (secondary N) is 1. The Morgan fingerprint density at radius 1 is 1.42 bits per heavy atom. The van der Waals surface area contributed by atoms with Gasteiger partial charge in [0.2, 0.25) is 0 Å². The molecule has 0 unspecified atom stereocenters. The van der Waals surface area contributed by atoms with Gasteiger partial charge in [-0.3, -0.25) is 0 Å². The second kappa shape index (κ2) is 4.94. The van der Waals surface area contributed by atoms with E-state index in [1.54, 1.807) is 0 Å². The molecule has 1 atom stereocenters. The molecule has 1 amide bonds. The molecule has 8 heteroatoms. The van der Waals surface area contributed by atoms with Crippen LogP contribution in [0.2, 0.25) is 0 Å². The Labute approximate surface area is 105 Å². The van der Waals surface area contributed by atoms with Gasteiger partial charge in [0.05, 0.1) is 0 Å². The van der Waals surface area contributed by atoms with Gasteiger partial charge in [0.1, 0.15) is 11.8 Å². The maximum Gasteiger partial charge on any atom is 0.408 e. The topological polar surface area (TPSA) is 47.6 Å². The van der Waals surface area contributed by atoms with E-state index in [4.69, 9.17) is 0 Å². The summed E-state index contributed by atoms with van der Waals surface area (Å²) in [5.74, 6) is -3.60. The highest BCUT2D eigenvalue weighted by Gasteiger charge is 2.46. The smallest absolute Gasteiger partial charge is 0.408 e. The van der Waals surface area contributed by atoms with Gasteiger partial charge in [0, 0.05) is 0 Å². The Kier molecular flexibility index (Phi) is 3.50. The fourth-order valence-corrected chi connectivity index (χ4v) is 1.71. The number of cyclic esters (lactones) is 1. The molecule has 2 rings (SSSR count). The minimum absolute atomic E-state index is 0.0419. The van der Waals surface area contributed by atoms with Gasteiger partial charge in [-0.15, -0.1) is 0 Å². The molecule has 1 aromatic carbocycles. The molecular weight excluding hydrogens is 270 g/mol. The minimum Gasteiger partial charge on any atom is -0.443 e. The van der Waals surface area contributed by atoms with E-state index < -0.39 is 31.3 Å². The molecule has 1 saturated heterocycles. The van der Waals surface area contributed by atoms with Crippen molar-refractivity contribution in [2.24, 2.45) is 0 Å². The molecule has 1 heterocycles. The van der Waals surface area contributed by atoms with Crippen molar-refractivity contribution in [1.29, 1.82) is 0 Å². The predicted octanol–water partition coefficient (Wildman–Crippen LogP) is 2.70. The van der Waals surface area contributed by atoms with Crippen molar-refractivity contribution < 1.29 is 31.8 Å². The molecule has 0 aliphatic carbocycles. The molecule has 1 N–H and O–H groups in total. The third-order valence-corrected chi connectivity index (χ3v) is 2.50. The Balaban J connectivity index is 2.26. The fraction of sp³-hybridized carbons (Fsp3) is 0.364. The van der Waals surface area contributed by atoms with E-state index in [-0.39, 0.29) is 11.3 Å².